The average Bonchev–Trinajstić information content (AvgIpc) is 2.67. The van der Waals surface area contributed by atoms with Crippen LogP contribution in [0.4, 0.5) is 26.7 Å². The normalized spacial score (nSPS) is 16.4. The molecule has 4 nitrogen and oxygen atoms in total. The highest BCUT2D eigenvalue weighted by Crippen LogP contribution is 2.38. The molecule has 168 valence electrons. The summed E-state index contributed by atoms with van der Waals surface area (Å²) in [5.41, 5.74) is -1.28. The first-order valence-electron chi connectivity index (χ1n) is 9.38. The maximum absolute atomic E-state index is 14.6. The maximum atomic E-state index is 14.6. The Bertz CT molecular complexity index is 959. The third-order valence-corrected chi connectivity index (χ3v) is 5.88. The summed E-state index contributed by atoms with van der Waals surface area (Å²) in [5.74, 6) is -1.51. The predicted octanol–water partition coefficient (Wildman–Crippen LogP) is 5.97. The molecule has 2 aromatic carbocycles. The molecule has 3 rings (SSSR count). The fourth-order valence-corrected chi connectivity index (χ4v) is 4.34. The van der Waals surface area contributed by atoms with Crippen LogP contribution in [0.15, 0.2) is 40.9 Å². The van der Waals surface area contributed by atoms with Crippen LogP contribution in [0.5, 0.6) is 0 Å². The highest BCUT2D eigenvalue weighted by molar-refractivity contribution is 9.10. The zero-order valence-corrected chi connectivity index (χ0v) is 17.8. The van der Waals surface area contributed by atoms with Crippen LogP contribution in [-0.4, -0.2) is 35.8 Å². The van der Waals surface area contributed by atoms with Crippen LogP contribution >= 0.6 is 15.9 Å². The third kappa shape index (κ3) is 5.54. The monoisotopic (exact) mass is 507 g/mol. The number of likely N-dealkylation sites (tertiary alicyclic amines) is 1. The van der Waals surface area contributed by atoms with E-state index in [9.17, 15) is 31.9 Å². The molecule has 1 amide bonds. The second-order valence-corrected chi connectivity index (χ2v) is 8.43. The van der Waals surface area contributed by atoms with Crippen molar-refractivity contribution in [1.82, 2.24) is 4.90 Å². The predicted molar refractivity (Wildman–Crippen MR) is 106 cm³/mol. The van der Waals surface area contributed by atoms with E-state index in [-0.39, 0.29) is 54.7 Å². The molecule has 0 unspecified atom stereocenters. The summed E-state index contributed by atoms with van der Waals surface area (Å²) in [7, 11) is 0. The lowest BCUT2D eigenvalue weighted by Crippen LogP contribution is -2.47. The van der Waals surface area contributed by atoms with Gasteiger partial charge in [0.05, 0.1) is 18.8 Å². The number of amides is 1. The molecule has 0 aliphatic carbocycles. The summed E-state index contributed by atoms with van der Waals surface area (Å²) in [6.45, 7) is 0.0435. The van der Waals surface area contributed by atoms with Crippen LogP contribution in [0.1, 0.15) is 29.5 Å². The zero-order chi connectivity index (χ0) is 22.8. The van der Waals surface area contributed by atoms with E-state index in [1.54, 1.807) is 0 Å². The number of nitrogens with zero attached hydrogens (tertiary/aromatic N) is 1. The van der Waals surface area contributed by atoms with Gasteiger partial charge in [-0.1, -0.05) is 22.0 Å². The highest BCUT2D eigenvalue weighted by Gasteiger charge is 2.40. The number of benzene rings is 2. The van der Waals surface area contributed by atoms with Gasteiger partial charge in [0.2, 0.25) is 0 Å². The summed E-state index contributed by atoms with van der Waals surface area (Å²) in [6, 6.07) is 6.61. The van der Waals surface area contributed by atoms with Gasteiger partial charge in [0, 0.05) is 29.0 Å². The van der Waals surface area contributed by atoms with E-state index in [2.05, 4.69) is 15.9 Å². The summed E-state index contributed by atoms with van der Waals surface area (Å²) < 4.78 is 73.0. The minimum Gasteiger partial charge on any atom is -0.465 e. The number of carboxylic acid groups (broad SMARTS) is 1. The van der Waals surface area contributed by atoms with E-state index in [4.69, 9.17) is 4.74 Å². The van der Waals surface area contributed by atoms with E-state index in [0.717, 1.165) is 24.3 Å². The smallest absolute Gasteiger partial charge is 0.416 e. The van der Waals surface area contributed by atoms with Gasteiger partial charge in [-0.15, -0.1) is 0 Å². The standard InChI is InChI=1S/C21H19BrF5NO3/c22-15-8-13(7-14(9-15)21(25,26)27)11-31-12-20(3-5-28(6-4-20)19(29)30)17-2-1-16(23)10-18(17)24/h1-2,7-10H,3-6,11-12H2,(H,29,30). The number of alkyl halides is 3. The van der Waals surface area contributed by atoms with Crippen molar-refractivity contribution in [2.75, 3.05) is 19.7 Å². The van der Waals surface area contributed by atoms with Crippen molar-refractivity contribution in [2.45, 2.75) is 31.0 Å². The quantitative estimate of drug-likeness (QED) is 0.507. The van der Waals surface area contributed by atoms with Crippen molar-refractivity contribution in [2.24, 2.45) is 0 Å². The lowest BCUT2D eigenvalue weighted by Gasteiger charge is -2.41. The molecule has 1 aliphatic heterocycles. The van der Waals surface area contributed by atoms with Crippen LogP contribution in [0.25, 0.3) is 0 Å². The Morgan fingerprint density at radius 1 is 1.13 bits per heavy atom. The van der Waals surface area contributed by atoms with E-state index < -0.39 is 34.9 Å². The summed E-state index contributed by atoms with van der Waals surface area (Å²) in [5, 5.41) is 9.19. The lowest BCUT2D eigenvalue weighted by atomic mass is 9.73. The van der Waals surface area contributed by atoms with Crippen molar-refractivity contribution >= 4 is 22.0 Å². The van der Waals surface area contributed by atoms with Gasteiger partial charge in [0.1, 0.15) is 11.6 Å². The third-order valence-electron chi connectivity index (χ3n) is 5.43. The Kier molecular flexibility index (Phi) is 6.90. The highest BCUT2D eigenvalue weighted by atomic mass is 79.9. The molecular weight excluding hydrogens is 489 g/mol. The van der Waals surface area contributed by atoms with Crippen LogP contribution in [0.2, 0.25) is 0 Å². The fourth-order valence-electron chi connectivity index (χ4n) is 3.80. The van der Waals surface area contributed by atoms with Gasteiger partial charge in [-0.05, 0) is 48.2 Å². The van der Waals surface area contributed by atoms with E-state index in [1.165, 1.54) is 17.0 Å². The summed E-state index contributed by atoms with van der Waals surface area (Å²) >= 11 is 3.06. The Hall–Kier alpha value is -2.20. The molecule has 31 heavy (non-hydrogen) atoms. The van der Waals surface area contributed by atoms with Gasteiger partial charge in [-0.25, -0.2) is 13.6 Å². The maximum Gasteiger partial charge on any atom is 0.416 e. The van der Waals surface area contributed by atoms with E-state index in [1.807, 2.05) is 0 Å². The number of hydrogen-bond donors (Lipinski definition) is 1. The molecule has 0 aromatic heterocycles. The van der Waals surface area contributed by atoms with Gasteiger partial charge in [0.25, 0.3) is 0 Å². The van der Waals surface area contributed by atoms with Crippen molar-refractivity contribution in [3.05, 3.63) is 69.2 Å². The number of carbonyl (C=O) groups is 1. The van der Waals surface area contributed by atoms with Crippen molar-refractivity contribution in [3.8, 4) is 0 Å². The van der Waals surface area contributed by atoms with Crippen LogP contribution in [0, 0.1) is 11.6 Å². The van der Waals surface area contributed by atoms with Crippen molar-refractivity contribution < 1.29 is 36.6 Å². The van der Waals surface area contributed by atoms with Crippen molar-refractivity contribution in [1.29, 1.82) is 0 Å². The minimum absolute atomic E-state index is 0.0587. The molecule has 0 radical (unpaired) electrons. The largest absolute Gasteiger partial charge is 0.465 e. The molecule has 0 saturated carbocycles. The number of ether oxygens (including phenoxy) is 1. The van der Waals surface area contributed by atoms with Crippen LogP contribution in [-0.2, 0) is 22.9 Å². The first-order valence-corrected chi connectivity index (χ1v) is 10.2. The Balaban J connectivity index is 1.81. The number of hydrogen-bond acceptors (Lipinski definition) is 2. The molecule has 0 bridgehead atoms. The molecule has 10 heteroatoms. The topological polar surface area (TPSA) is 49.8 Å². The number of piperidine rings is 1. The molecule has 1 saturated heterocycles. The molecule has 1 aliphatic rings. The molecule has 0 atom stereocenters. The summed E-state index contributed by atoms with van der Waals surface area (Å²) in [6.07, 6.45) is -5.15. The van der Waals surface area contributed by atoms with E-state index in [0.29, 0.717) is 0 Å². The first kappa shape index (κ1) is 23.5. The van der Waals surface area contributed by atoms with Gasteiger partial charge in [-0.2, -0.15) is 13.2 Å². The fraction of sp³-hybridized carbons (Fsp3) is 0.381. The zero-order valence-electron chi connectivity index (χ0n) is 16.2. The Labute approximate surface area is 183 Å². The summed E-state index contributed by atoms with van der Waals surface area (Å²) in [4.78, 5) is 12.4. The Morgan fingerprint density at radius 3 is 2.39 bits per heavy atom. The second-order valence-electron chi connectivity index (χ2n) is 7.51. The SMILES string of the molecule is O=C(O)N1CCC(COCc2cc(Br)cc(C(F)(F)F)c2)(c2ccc(F)cc2F)CC1. The first-order chi connectivity index (χ1) is 14.5. The van der Waals surface area contributed by atoms with Gasteiger partial charge in [0.15, 0.2) is 0 Å². The van der Waals surface area contributed by atoms with Gasteiger partial charge < -0.3 is 14.7 Å². The number of rotatable bonds is 5. The second kappa shape index (κ2) is 9.12. The Morgan fingerprint density at radius 2 is 1.81 bits per heavy atom. The van der Waals surface area contributed by atoms with Crippen LogP contribution in [0.3, 0.4) is 0 Å². The van der Waals surface area contributed by atoms with Gasteiger partial charge in [-0.3, -0.25) is 0 Å². The average molecular weight is 508 g/mol. The lowest BCUT2D eigenvalue weighted by molar-refractivity contribution is -0.137. The van der Waals surface area contributed by atoms with Gasteiger partial charge >= 0.3 is 12.3 Å². The molecule has 1 heterocycles. The van der Waals surface area contributed by atoms with Crippen molar-refractivity contribution in [3.63, 3.8) is 0 Å². The molecular formula is C21H19BrF5NO3. The van der Waals surface area contributed by atoms with E-state index >= 15 is 0 Å². The van der Waals surface area contributed by atoms with Crippen LogP contribution < -0.4 is 0 Å². The molecule has 0 spiro atoms. The number of halogens is 6. The molecule has 2 aromatic rings. The minimum atomic E-state index is -4.51. The molecule has 1 N–H and O–H groups in total. The molecule has 1 fully saturated rings.